The molecule has 0 fully saturated rings. The molecule has 0 bridgehead atoms. The van der Waals surface area contributed by atoms with E-state index in [2.05, 4.69) is 10.4 Å². The second kappa shape index (κ2) is 5.65. The van der Waals surface area contributed by atoms with Crippen molar-refractivity contribution in [1.29, 1.82) is 0 Å². The van der Waals surface area contributed by atoms with Crippen LogP contribution in [0, 0.1) is 5.92 Å². The van der Waals surface area contributed by atoms with Crippen LogP contribution in [0.15, 0.2) is 12.3 Å². The van der Waals surface area contributed by atoms with Crippen molar-refractivity contribution in [3.8, 4) is 0 Å². The lowest BCUT2D eigenvalue weighted by Crippen LogP contribution is -2.37. The van der Waals surface area contributed by atoms with E-state index in [0.717, 1.165) is 5.69 Å². The summed E-state index contributed by atoms with van der Waals surface area (Å²) >= 11 is 0. The topological polar surface area (TPSA) is 67.2 Å². The average molecular weight is 225 g/mol. The third-order valence-electron chi connectivity index (χ3n) is 2.46. The van der Waals surface area contributed by atoms with Crippen molar-refractivity contribution in [3.05, 3.63) is 18.0 Å². The Kier molecular flexibility index (Phi) is 4.49. The number of nitrogens with zero attached hydrogens (tertiary/aromatic N) is 2. The molecule has 5 nitrogen and oxygen atoms in total. The summed E-state index contributed by atoms with van der Waals surface area (Å²) in [4.78, 5) is 11.0. The zero-order valence-corrected chi connectivity index (χ0v) is 9.97. The van der Waals surface area contributed by atoms with Gasteiger partial charge in [-0.05, 0) is 18.4 Å². The van der Waals surface area contributed by atoms with E-state index in [9.17, 15) is 4.79 Å². The fraction of sp³-hybridized carbons (Fsp3) is 0.636. The van der Waals surface area contributed by atoms with Crippen LogP contribution >= 0.6 is 0 Å². The third-order valence-corrected chi connectivity index (χ3v) is 2.46. The van der Waals surface area contributed by atoms with E-state index in [4.69, 9.17) is 5.11 Å². The molecule has 0 aliphatic heterocycles. The molecule has 0 saturated heterocycles. The summed E-state index contributed by atoms with van der Waals surface area (Å²) in [5.74, 6) is -0.434. The fourth-order valence-electron chi connectivity index (χ4n) is 1.55. The lowest BCUT2D eigenvalue weighted by Gasteiger charge is -2.16. The number of aliphatic carboxylic acids is 1. The summed E-state index contributed by atoms with van der Waals surface area (Å²) in [6, 6.07) is 1.39. The van der Waals surface area contributed by atoms with Crippen LogP contribution in [0.4, 0.5) is 0 Å². The predicted octanol–water partition coefficient (Wildman–Crippen LogP) is 1.01. The fourth-order valence-corrected chi connectivity index (χ4v) is 1.55. The second-order valence-corrected chi connectivity index (χ2v) is 4.35. The van der Waals surface area contributed by atoms with E-state index in [1.807, 2.05) is 27.0 Å². The Morgan fingerprint density at radius 2 is 2.31 bits per heavy atom. The number of aromatic nitrogens is 2. The molecule has 1 heterocycles. The van der Waals surface area contributed by atoms with Gasteiger partial charge in [0.15, 0.2) is 0 Å². The van der Waals surface area contributed by atoms with Gasteiger partial charge in [0.25, 0.3) is 0 Å². The van der Waals surface area contributed by atoms with Crippen LogP contribution in [0.5, 0.6) is 0 Å². The Labute approximate surface area is 95.5 Å². The highest BCUT2D eigenvalue weighted by Crippen LogP contribution is 2.06. The summed E-state index contributed by atoms with van der Waals surface area (Å²) in [6.07, 6.45) is 2.34. The van der Waals surface area contributed by atoms with E-state index in [1.54, 1.807) is 10.9 Å². The Morgan fingerprint density at radius 1 is 1.62 bits per heavy atom. The largest absolute Gasteiger partial charge is 0.480 e. The standard InChI is InChI=1S/C11H19N3O2/c1-8(2)6-10(11(15)16)12-7-9-4-5-13-14(9)3/h4-5,8,10,12H,6-7H2,1-3H3,(H,15,16). The quantitative estimate of drug-likeness (QED) is 0.758. The van der Waals surface area contributed by atoms with E-state index in [1.165, 1.54) is 0 Å². The maximum atomic E-state index is 11.0. The molecule has 90 valence electrons. The smallest absolute Gasteiger partial charge is 0.320 e. The molecule has 1 aromatic rings. The van der Waals surface area contributed by atoms with Gasteiger partial charge in [0, 0.05) is 19.8 Å². The molecule has 1 atom stereocenters. The summed E-state index contributed by atoms with van der Waals surface area (Å²) in [6.45, 7) is 4.56. The molecular weight excluding hydrogens is 206 g/mol. The number of aryl methyl sites for hydroxylation is 1. The van der Waals surface area contributed by atoms with Gasteiger partial charge in [0.2, 0.25) is 0 Å². The molecule has 0 spiro atoms. The number of carbonyl (C=O) groups is 1. The summed E-state index contributed by atoms with van der Waals surface area (Å²) in [5.41, 5.74) is 0.981. The maximum Gasteiger partial charge on any atom is 0.320 e. The molecule has 1 rings (SSSR count). The van der Waals surface area contributed by atoms with Crippen molar-refractivity contribution >= 4 is 5.97 Å². The monoisotopic (exact) mass is 225 g/mol. The molecule has 2 N–H and O–H groups in total. The first-order valence-corrected chi connectivity index (χ1v) is 5.43. The number of hydrogen-bond acceptors (Lipinski definition) is 3. The highest BCUT2D eigenvalue weighted by atomic mass is 16.4. The minimum atomic E-state index is -0.795. The van der Waals surface area contributed by atoms with Crippen LogP contribution in [0.3, 0.4) is 0 Å². The normalized spacial score (nSPS) is 13.0. The third kappa shape index (κ3) is 3.66. The molecule has 1 aromatic heterocycles. The maximum absolute atomic E-state index is 11.0. The van der Waals surface area contributed by atoms with Gasteiger partial charge in [0.05, 0.1) is 5.69 Å². The first-order valence-electron chi connectivity index (χ1n) is 5.43. The number of rotatable bonds is 6. The van der Waals surface area contributed by atoms with Crippen LogP contribution in [-0.2, 0) is 18.4 Å². The van der Waals surface area contributed by atoms with Crippen LogP contribution in [0.25, 0.3) is 0 Å². The van der Waals surface area contributed by atoms with E-state index >= 15 is 0 Å². The van der Waals surface area contributed by atoms with Gasteiger partial charge in [-0.15, -0.1) is 0 Å². The van der Waals surface area contributed by atoms with Crippen molar-refractivity contribution in [2.45, 2.75) is 32.9 Å². The molecule has 16 heavy (non-hydrogen) atoms. The number of carboxylic acid groups (broad SMARTS) is 1. The van der Waals surface area contributed by atoms with Crippen molar-refractivity contribution in [3.63, 3.8) is 0 Å². The van der Waals surface area contributed by atoms with E-state index in [0.29, 0.717) is 18.9 Å². The van der Waals surface area contributed by atoms with Crippen molar-refractivity contribution in [2.75, 3.05) is 0 Å². The summed E-state index contributed by atoms with van der Waals surface area (Å²) < 4.78 is 1.74. The van der Waals surface area contributed by atoms with Gasteiger partial charge >= 0.3 is 5.97 Å². The van der Waals surface area contributed by atoms with Crippen molar-refractivity contribution in [1.82, 2.24) is 15.1 Å². The molecular formula is C11H19N3O2. The number of nitrogens with one attached hydrogen (secondary N) is 1. The minimum Gasteiger partial charge on any atom is -0.480 e. The summed E-state index contributed by atoms with van der Waals surface area (Å²) in [5, 5.41) is 16.1. The lowest BCUT2D eigenvalue weighted by atomic mass is 10.0. The van der Waals surface area contributed by atoms with Crippen LogP contribution < -0.4 is 5.32 Å². The van der Waals surface area contributed by atoms with Gasteiger partial charge in [-0.25, -0.2) is 0 Å². The average Bonchev–Trinajstić information content (AvgIpc) is 2.57. The number of carboxylic acids is 1. The molecule has 0 aromatic carbocycles. The van der Waals surface area contributed by atoms with E-state index < -0.39 is 12.0 Å². The molecule has 0 radical (unpaired) electrons. The van der Waals surface area contributed by atoms with Crippen molar-refractivity contribution in [2.24, 2.45) is 13.0 Å². The predicted molar refractivity (Wildman–Crippen MR) is 60.9 cm³/mol. The summed E-state index contributed by atoms with van der Waals surface area (Å²) in [7, 11) is 1.84. The van der Waals surface area contributed by atoms with Gasteiger partial charge in [-0.3, -0.25) is 14.8 Å². The van der Waals surface area contributed by atoms with Gasteiger partial charge in [-0.1, -0.05) is 13.8 Å². The lowest BCUT2D eigenvalue weighted by molar-refractivity contribution is -0.140. The number of hydrogen-bond donors (Lipinski definition) is 2. The SMILES string of the molecule is CC(C)CC(NCc1ccnn1C)C(=O)O. The first-order chi connectivity index (χ1) is 7.50. The van der Waals surface area contributed by atoms with Crippen LogP contribution in [0.2, 0.25) is 0 Å². The Balaban J connectivity index is 2.50. The highest BCUT2D eigenvalue weighted by molar-refractivity contribution is 5.73. The Morgan fingerprint density at radius 3 is 2.75 bits per heavy atom. The Hall–Kier alpha value is -1.36. The molecule has 5 heteroatoms. The van der Waals surface area contributed by atoms with Gasteiger partial charge in [0.1, 0.15) is 6.04 Å². The zero-order valence-electron chi connectivity index (χ0n) is 9.97. The van der Waals surface area contributed by atoms with Crippen LogP contribution in [0.1, 0.15) is 26.0 Å². The molecule has 0 amide bonds. The molecule has 1 unspecified atom stereocenters. The molecule has 0 saturated carbocycles. The second-order valence-electron chi connectivity index (χ2n) is 4.35. The van der Waals surface area contributed by atoms with E-state index in [-0.39, 0.29) is 0 Å². The molecule has 0 aliphatic carbocycles. The highest BCUT2D eigenvalue weighted by Gasteiger charge is 2.18. The first kappa shape index (κ1) is 12.7. The van der Waals surface area contributed by atoms with Crippen LogP contribution in [-0.4, -0.2) is 26.9 Å². The van der Waals surface area contributed by atoms with Gasteiger partial charge in [-0.2, -0.15) is 5.10 Å². The Bertz CT molecular complexity index is 347. The zero-order chi connectivity index (χ0) is 12.1. The van der Waals surface area contributed by atoms with Crippen molar-refractivity contribution < 1.29 is 9.90 Å². The molecule has 0 aliphatic rings. The van der Waals surface area contributed by atoms with Gasteiger partial charge < -0.3 is 5.11 Å². The minimum absolute atomic E-state index is 0.361.